The Kier molecular flexibility index (Phi) is 4.69. The topological polar surface area (TPSA) is 59.8 Å². The average Bonchev–Trinajstić information content (AvgIpc) is 3.06. The van der Waals surface area contributed by atoms with Crippen molar-refractivity contribution < 1.29 is 4.79 Å². The molecule has 1 saturated carbocycles. The molecule has 0 spiro atoms. The van der Waals surface area contributed by atoms with E-state index >= 15 is 0 Å². The van der Waals surface area contributed by atoms with Crippen molar-refractivity contribution in [1.29, 1.82) is 0 Å². The lowest BCUT2D eigenvalue weighted by Gasteiger charge is -2.22. The molecule has 0 radical (unpaired) electrons. The number of hydrogen-bond donors (Lipinski definition) is 1. The van der Waals surface area contributed by atoms with E-state index in [0.29, 0.717) is 18.2 Å². The zero-order chi connectivity index (χ0) is 17.9. The Labute approximate surface area is 153 Å². The Bertz CT molecular complexity index is 925. The van der Waals surface area contributed by atoms with Gasteiger partial charge in [-0.3, -0.25) is 4.79 Å². The van der Waals surface area contributed by atoms with Crippen LogP contribution in [0, 0.1) is 6.92 Å². The third-order valence-electron chi connectivity index (χ3n) is 5.30. The summed E-state index contributed by atoms with van der Waals surface area (Å²) in [7, 11) is 0. The van der Waals surface area contributed by atoms with Gasteiger partial charge in [0, 0.05) is 11.6 Å². The summed E-state index contributed by atoms with van der Waals surface area (Å²) in [5.41, 5.74) is 4.82. The summed E-state index contributed by atoms with van der Waals surface area (Å²) in [6.07, 6.45) is 5.86. The number of nitrogens with zero attached hydrogens (tertiary/aromatic N) is 3. The van der Waals surface area contributed by atoms with Crippen LogP contribution in [0.2, 0.25) is 0 Å². The third kappa shape index (κ3) is 3.47. The van der Waals surface area contributed by atoms with Crippen LogP contribution in [0.5, 0.6) is 0 Å². The summed E-state index contributed by atoms with van der Waals surface area (Å²) in [5.74, 6) is -0.00717. The molecule has 0 saturated heterocycles. The lowest BCUT2D eigenvalue weighted by atomic mass is 9.95. The molecule has 0 unspecified atom stereocenters. The van der Waals surface area contributed by atoms with Gasteiger partial charge in [0.1, 0.15) is 5.52 Å². The lowest BCUT2D eigenvalue weighted by Crippen LogP contribution is -2.36. The fraction of sp³-hybridized carbons (Fsp3) is 0.381. The lowest BCUT2D eigenvalue weighted by molar-refractivity contribution is 0.0928. The predicted octanol–water partition coefficient (Wildman–Crippen LogP) is 3.85. The average molecular weight is 348 g/mol. The van der Waals surface area contributed by atoms with Crippen molar-refractivity contribution >= 4 is 16.9 Å². The molecule has 134 valence electrons. The number of carbonyl (C=O) groups excluding carboxylic acids is 1. The number of benzene rings is 2. The molecule has 0 bridgehead atoms. The molecule has 0 atom stereocenters. The normalized spacial score (nSPS) is 15.3. The second-order valence-corrected chi connectivity index (χ2v) is 7.19. The maximum absolute atomic E-state index is 12.5. The monoisotopic (exact) mass is 348 g/mol. The molecular weight excluding hydrogens is 324 g/mol. The molecule has 0 aliphatic heterocycles. The molecule has 1 aliphatic carbocycles. The zero-order valence-corrected chi connectivity index (χ0v) is 15.1. The first-order valence-electron chi connectivity index (χ1n) is 9.39. The second kappa shape index (κ2) is 7.28. The van der Waals surface area contributed by atoms with Crippen molar-refractivity contribution in [2.24, 2.45) is 0 Å². The number of fused-ring (bicyclic) bond motifs is 1. The van der Waals surface area contributed by atoms with E-state index in [2.05, 4.69) is 34.7 Å². The zero-order valence-electron chi connectivity index (χ0n) is 15.1. The third-order valence-corrected chi connectivity index (χ3v) is 5.30. The summed E-state index contributed by atoms with van der Waals surface area (Å²) >= 11 is 0. The van der Waals surface area contributed by atoms with Gasteiger partial charge in [0.05, 0.1) is 12.1 Å². The van der Waals surface area contributed by atoms with Crippen LogP contribution in [0.25, 0.3) is 11.0 Å². The molecular formula is C21H24N4O. The fourth-order valence-corrected chi connectivity index (χ4v) is 3.69. The summed E-state index contributed by atoms with van der Waals surface area (Å²) < 4.78 is 1.89. The molecule has 1 aromatic heterocycles. The van der Waals surface area contributed by atoms with Crippen LogP contribution in [0.4, 0.5) is 0 Å². The van der Waals surface area contributed by atoms with Crippen LogP contribution in [0.3, 0.4) is 0 Å². The van der Waals surface area contributed by atoms with Gasteiger partial charge in [-0.15, -0.1) is 5.10 Å². The fourth-order valence-electron chi connectivity index (χ4n) is 3.69. The van der Waals surface area contributed by atoms with Crippen molar-refractivity contribution in [3.05, 3.63) is 59.2 Å². The first kappa shape index (κ1) is 16.8. The first-order chi connectivity index (χ1) is 12.7. The van der Waals surface area contributed by atoms with Crippen molar-refractivity contribution in [3.63, 3.8) is 0 Å². The molecule has 4 rings (SSSR count). The van der Waals surface area contributed by atoms with E-state index in [0.717, 1.165) is 23.9 Å². The van der Waals surface area contributed by atoms with Crippen LogP contribution in [0.1, 0.15) is 53.6 Å². The molecule has 1 aliphatic rings. The Hall–Kier alpha value is -2.69. The highest BCUT2D eigenvalue weighted by molar-refractivity contribution is 5.97. The van der Waals surface area contributed by atoms with Crippen molar-refractivity contribution in [2.75, 3.05) is 0 Å². The van der Waals surface area contributed by atoms with Crippen LogP contribution < -0.4 is 5.32 Å². The molecule has 3 aromatic rings. The predicted molar refractivity (Wildman–Crippen MR) is 102 cm³/mol. The Morgan fingerprint density at radius 1 is 1.15 bits per heavy atom. The van der Waals surface area contributed by atoms with E-state index in [1.807, 2.05) is 35.0 Å². The summed E-state index contributed by atoms with van der Waals surface area (Å²) in [6.45, 7) is 2.78. The Balaban J connectivity index is 1.53. The summed E-state index contributed by atoms with van der Waals surface area (Å²) in [5, 5.41) is 11.7. The van der Waals surface area contributed by atoms with Crippen LogP contribution in [0.15, 0.2) is 42.5 Å². The number of hydrogen-bond acceptors (Lipinski definition) is 3. The Morgan fingerprint density at radius 2 is 1.96 bits per heavy atom. The molecule has 1 amide bonds. The van der Waals surface area contributed by atoms with Gasteiger partial charge in [-0.2, -0.15) is 0 Å². The SMILES string of the molecule is Cc1ccccc1Cn1nnc2cc(C(=O)NC3CCCCC3)ccc21. The first-order valence-corrected chi connectivity index (χ1v) is 9.39. The maximum atomic E-state index is 12.5. The maximum Gasteiger partial charge on any atom is 0.251 e. The molecule has 5 heteroatoms. The minimum absolute atomic E-state index is 0.00717. The van der Waals surface area contributed by atoms with E-state index in [4.69, 9.17) is 0 Å². The molecule has 1 heterocycles. The van der Waals surface area contributed by atoms with Gasteiger partial charge >= 0.3 is 0 Å². The van der Waals surface area contributed by atoms with Crippen LogP contribution >= 0.6 is 0 Å². The van der Waals surface area contributed by atoms with Crippen molar-refractivity contribution in [1.82, 2.24) is 20.3 Å². The van der Waals surface area contributed by atoms with Gasteiger partial charge in [0.2, 0.25) is 0 Å². The standard InChI is InChI=1S/C21H24N4O/c1-15-7-5-6-8-17(15)14-25-20-12-11-16(13-19(20)23-24-25)21(26)22-18-9-3-2-4-10-18/h5-8,11-13,18H,2-4,9-10,14H2,1H3,(H,22,26). The molecule has 2 aromatic carbocycles. The number of aryl methyl sites for hydroxylation is 1. The van der Waals surface area contributed by atoms with E-state index in [9.17, 15) is 4.79 Å². The van der Waals surface area contributed by atoms with E-state index in [1.54, 1.807) is 0 Å². The van der Waals surface area contributed by atoms with Gasteiger partial charge < -0.3 is 5.32 Å². The number of carbonyl (C=O) groups is 1. The van der Waals surface area contributed by atoms with E-state index < -0.39 is 0 Å². The highest BCUT2D eigenvalue weighted by atomic mass is 16.1. The summed E-state index contributed by atoms with van der Waals surface area (Å²) in [4.78, 5) is 12.5. The minimum Gasteiger partial charge on any atom is -0.349 e. The Morgan fingerprint density at radius 3 is 2.77 bits per heavy atom. The number of nitrogens with one attached hydrogen (secondary N) is 1. The summed E-state index contributed by atoms with van der Waals surface area (Å²) in [6, 6.07) is 14.3. The van der Waals surface area contributed by atoms with E-state index in [1.165, 1.54) is 30.4 Å². The van der Waals surface area contributed by atoms with Gasteiger partial charge in [0.15, 0.2) is 0 Å². The van der Waals surface area contributed by atoms with Gasteiger partial charge in [-0.05, 0) is 49.1 Å². The highest BCUT2D eigenvalue weighted by Gasteiger charge is 2.17. The highest BCUT2D eigenvalue weighted by Crippen LogP contribution is 2.19. The second-order valence-electron chi connectivity index (χ2n) is 7.19. The smallest absolute Gasteiger partial charge is 0.251 e. The molecule has 5 nitrogen and oxygen atoms in total. The number of aromatic nitrogens is 3. The van der Waals surface area contributed by atoms with Crippen molar-refractivity contribution in [2.45, 2.75) is 51.6 Å². The van der Waals surface area contributed by atoms with Crippen LogP contribution in [-0.2, 0) is 6.54 Å². The van der Waals surface area contributed by atoms with Gasteiger partial charge in [0.25, 0.3) is 5.91 Å². The number of amides is 1. The minimum atomic E-state index is -0.00717. The van der Waals surface area contributed by atoms with E-state index in [-0.39, 0.29) is 5.91 Å². The van der Waals surface area contributed by atoms with Crippen LogP contribution in [-0.4, -0.2) is 26.9 Å². The molecule has 26 heavy (non-hydrogen) atoms. The number of rotatable bonds is 4. The largest absolute Gasteiger partial charge is 0.349 e. The van der Waals surface area contributed by atoms with Crippen molar-refractivity contribution in [3.8, 4) is 0 Å². The van der Waals surface area contributed by atoms with Gasteiger partial charge in [-0.1, -0.05) is 48.7 Å². The molecule has 1 N–H and O–H groups in total. The molecule has 1 fully saturated rings. The quantitative estimate of drug-likeness (QED) is 0.779. The van der Waals surface area contributed by atoms with Gasteiger partial charge in [-0.25, -0.2) is 4.68 Å².